The van der Waals surface area contributed by atoms with Crippen LogP contribution in [-0.2, 0) is 9.59 Å². The van der Waals surface area contributed by atoms with Gasteiger partial charge in [-0.2, -0.15) is 0 Å². The van der Waals surface area contributed by atoms with Gasteiger partial charge in [0.05, 0.1) is 0 Å². The number of hydrogen-bond acceptors (Lipinski definition) is 5. The quantitative estimate of drug-likeness (QED) is 0.0625. The summed E-state index contributed by atoms with van der Waals surface area (Å²) < 4.78 is 0. The molecular weight excluding hydrogens is 701 g/mol. The number of carboxylic acids is 1. The third-order valence-electron chi connectivity index (χ3n) is 7.18. The van der Waals surface area contributed by atoms with E-state index in [2.05, 4.69) is 15.0 Å². The molecule has 0 saturated heterocycles. The Bertz CT molecular complexity index is 2350. The van der Waals surface area contributed by atoms with Crippen molar-refractivity contribution in [1.29, 1.82) is 0 Å². The zero-order valence-corrected chi connectivity index (χ0v) is 29.6. The molecule has 0 aliphatic heterocycles. The van der Waals surface area contributed by atoms with Crippen LogP contribution in [0.25, 0.3) is 38.5 Å². The van der Waals surface area contributed by atoms with Crippen LogP contribution < -0.4 is 0 Å². The number of aliphatic hydroxyl groups excluding tert-OH is 1. The lowest BCUT2D eigenvalue weighted by Gasteiger charge is -1.97. The lowest BCUT2D eigenvalue weighted by atomic mass is 10.1. The summed E-state index contributed by atoms with van der Waals surface area (Å²) in [7, 11) is 0. The zero-order valence-electron chi connectivity index (χ0n) is 27.3. The lowest BCUT2D eigenvalue weighted by molar-refractivity contribution is -0.132. The number of ketones is 3. The molecule has 0 bridgehead atoms. The van der Waals surface area contributed by atoms with E-state index in [0.717, 1.165) is 39.0 Å². The maximum absolute atomic E-state index is 11.9. The molecule has 0 spiro atoms. The minimum atomic E-state index is -1.11. The average molecular weight is 733 g/mol. The summed E-state index contributed by atoms with van der Waals surface area (Å²) in [5.41, 5.74) is 5.21. The van der Waals surface area contributed by atoms with E-state index in [-0.39, 0.29) is 28.7 Å². The lowest BCUT2D eigenvalue weighted by Crippen LogP contribution is -2.01. The second kappa shape index (κ2) is 16.4. The van der Waals surface area contributed by atoms with Crippen LogP contribution in [0.4, 0.5) is 0 Å². The first-order valence-corrected chi connectivity index (χ1v) is 16.1. The number of nitrogens with one attached hydrogen (secondary N) is 3. The first-order valence-electron chi connectivity index (χ1n) is 15.0. The van der Waals surface area contributed by atoms with E-state index in [1.165, 1.54) is 19.9 Å². The largest absolute Gasteiger partial charge is 0.507 e. The van der Waals surface area contributed by atoms with Crippen molar-refractivity contribution in [3.05, 3.63) is 134 Å². The molecule has 5 N–H and O–H groups in total. The van der Waals surface area contributed by atoms with Crippen LogP contribution in [0.1, 0.15) is 54.0 Å². The van der Waals surface area contributed by atoms with Gasteiger partial charge in [-0.05, 0) is 94.4 Å². The van der Waals surface area contributed by atoms with Crippen LogP contribution in [-0.4, -0.2) is 48.5 Å². The number of allylic oxidation sites excluding steroid dienone is 4. The minimum Gasteiger partial charge on any atom is -0.507 e. The smallest absolute Gasteiger partial charge is 0.331 e. The number of carbonyl (C=O) groups is 4. The number of carboxylic acid groups (broad SMARTS) is 1. The Morgan fingerprint density at radius 3 is 1.32 bits per heavy atom. The van der Waals surface area contributed by atoms with Crippen LogP contribution in [0.5, 0.6) is 0 Å². The molecule has 9 nitrogen and oxygen atoms in total. The monoisotopic (exact) mass is 731 g/mol. The number of H-pyrrole nitrogens is 3. The van der Waals surface area contributed by atoms with E-state index in [1.54, 1.807) is 67.1 Å². The Balaban J connectivity index is 0.000000169. The van der Waals surface area contributed by atoms with Gasteiger partial charge in [-0.3, -0.25) is 14.4 Å². The van der Waals surface area contributed by atoms with Crippen molar-refractivity contribution in [3.63, 3.8) is 0 Å². The number of rotatable bonds is 7. The summed E-state index contributed by atoms with van der Waals surface area (Å²) in [5, 5.41) is 22.6. The number of aliphatic carboxylic acids is 1. The molecule has 0 unspecified atom stereocenters. The van der Waals surface area contributed by atoms with Crippen LogP contribution in [0.3, 0.4) is 0 Å². The zero-order chi connectivity index (χ0) is 36.7. The highest BCUT2D eigenvalue weighted by molar-refractivity contribution is 6.32. The van der Waals surface area contributed by atoms with Crippen molar-refractivity contribution in [1.82, 2.24) is 15.0 Å². The Kier molecular flexibility index (Phi) is 12.3. The van der Waals surface area contributed by atoms with Gasteiger partial charge >= 0.3 is 5.97 Å². The Morgan fingerprint density at radius 1 is 0.560 bits per heavy atom. The predicted molar refractivity (Wildman–Crippen MR) is 201 cm³/mol. The minimum absolute atomic E-state index is 0.00335. The number of benzene rings is 3. The fourth-order valence-electron chi connectivity index (χ4n) is 4.84. The molecule has 50 heavy (non-hydrogen) atoms. The third-order valence-corrected chi connectivity index (χ3v) is 7.89. The van der Waals surface area contributed by atoms with Crippen molar-refractivity contribution >= 4 is 96.6 Å². The van der Waals surface area contributed by atoms with Crippen LogP contribution in [0.2, 0.25) is 15.1 Å². The van der Waals surface area contributed by atoms with E-state index >= 15 is 0 Å². The molecule has 0 amide bonds. The molecule has 0 radical (unpaired) electrons. The molecule has 0 saturated carbocycles. The Labute approximate surface area is 301 Å². The maximum atomic E-state index is 11.9. The SMILES string of the molecule is C/C(=C\C(=O)c1c[nH]c2ccc(Cl)cc12)C(=O)O.CC(=O)C=C(O)c1c[nH]c2ccc(Cl)cc12.CC(C)=CC(=O)c1c[nH]c2ccc(Cl)cc12. The van der Waals surface area contributed by atoms with E-state index in [9.17, 15) is 24.3 Å². The highest BCUT2D eigenvalue weighted by Gasteiger charge is 2.13. The molecule has 12 heteroatoms. The van der Waals surface area contributed by atoms with E-state index in [1.807, 2.05) is 26.0 Å². The van der Waals surface area contributed by atoms with Crippen LogP contribution >= 0.6 is 34.8 Å². The molecule has 3 heterocycles. The van der Waals surface area contributed by atoms with Gasteiger partial charge in [0.1, 0.15) is 5.76 Å². The number of aromatic amines is 3. The molecule has 6 rings (SSSR count). The second-order valence-electron chi connectivity index (χ2n) is 11.4. The van der Waals surface area contributed by atoms with E-state index < -0.39 is 5.97 Å². The number of halogens is 3. The van der Waals surface area contributed by atoms with Crippen molar-refractivity contribution in [2.75, 3.05) is 0 Å². The van der Waals surface area contributed by atoms with Gasteiger partial charge in [-0.25, -0.2) is 4.79 Å². The van der Waals surface area contributed by atoms with Crippen molar-refractivity contribution in [2.24, 2.45) is 0 Å². The summed E-state index contributed by atoms with van der Waals surface area (Å²) in [4.78, 5) is 54.4. The number of hydrogen-bond donors (Lipinski definition) is 5. The van der Waals surface area contributed by atoms with Gasteiger partial charge in [-0.1, -0.05) is 40.4 Å². The molecule has 3 aromatic heterocycles. The number of fused-ring (bicyclic) bond motifs is 3. The van der Waals surface area contributed by atoms with Gasteiger partial charge in [-0.15, -0.1) is 0 Å². The topological polar surface area (TPSA) is 156 Å². The van der Waals surface area contributed by atoms with Gasteiger partial charge < -0.3 is 25.2 Å². The first-order chi connectivity index (χ1) is 23.6. The van der Waals surface area contributed by atoms with Gasteiger partial charge in [0, 0.05) is 94.7 Å². The molecule has 0 fully saturated rings. The molecule has 6 aromatic rings. The van der Waals surface area contributed by atoms with Gasteiger partial charge in [0.25, 0.3) is 0 Å². The fraction of sp³-hybridized carbons (Fsp3) is 0.105. The molecule has 0 aliphatic rings. The summed E-state index contributed by atoms with van der Waals surface area (Å²) in [6.07, 6.45) is 8.84. The van der Waals surface area contributed by atoms with E-state index in [4.69, 9.17) is 39.9 Å². The standard InChI is InChI=1S/C13H10ClNO3.C13H12ClNO.C12H10ClNO2/c1-7(13(17)18)4-12(16)10-6-15-11-3-2-8(14)5-9(10)11;1-8(2)5-13(16)11-7-15-12-4-3-9(14)6-10(11)12;1-7(15)4-12(16)10-6-14-11-3-2-8(13)5-9(10)11/h2-6,15H,1H3,(H,17,18);3-7,15H,1-2H3;2-6,14,16H,1H3/b7-4+;;. The van der Waals surface area contributed by atoms with Crippen LogP contribution in [0, 0.1) is 0 Å². The third kappa shape index (κ3) is 9.41. The first kappa shape index (κ1) is 37.5. The summed E-state index contributed by atoms with van der Waals surface area (Å²) in [5.74, 6) is -1.71. The number of aromatic nitrogens is 3. The average Bonchev–Trinajstić information content (AvgIpc) is 3.77. The van der Waals surface area contributed by atoms with Crippen LogP contribution in [0.15, 0.2) is 103 Å². The normalized spacial score (nSPS) is 11.4. The van der Waals surface area contributed by atoms with Crippen molar-refractivity contribution in [3.8, 4) is 0 Å². The number of aliphatic hydroxyl groups is 1. The van der Waals surface area contributed by atoms with Crippen molar-refractivity contribution < 1.29 is 29.4 Å². The maximum Gasteiger partial charge on any atom is 0.331 e. The van der Waals surface area contributed by atoms with Gasteiger partial charge in [0.2, 0.25) is 0 Å². The molecular formula is C38H32Cl3N3O6. The molecule has 256 valence electrons. The molecule has 3 aromatic carbocycles. The van der Waals surface area contributed by atoms with E-state index in [0.29, 0.717) is 37.1 Å². The summed E-state index contributed by atoms with van der Waals surface area (Å²) in [6, 6.07) is 16.0. The summed E-state index contributed by atoms with van der Waals surface area (Å²) >= 11 is 17.7. The van der Waals surface area contributed by atoms with Crippen molar-refractivity contribution in [2.45, 2.75) is 27.7 Å². The summed E-state index contributed by atoms with van der Waals surface area (Å²) in [6.45, 7) is 6.57. The highest BCUT2D eigenvalue weighted by Crippen LogP contribution is 2.27. The second-order valence-corrected chi connectivity index (χ2v) is 12.7. The molecule has 0 atom stereocenters. The highest BCUT2D eigenvalue weighted by atomic mass is 35.5. The number of carbonyl (C=O) groups excluding carboxylic acids is 3. The predicted octanol–water partition coefficient (Wildman–Crippen LogP) is 10.3. The fourth-order valence-corrected chi connectivity index (χ4v) is 5.36. The Morgan fingerprint density at radius 2 is 0.940 bits per heavy atom. The Hall–Kier alpha value is -5.35. The molecule has 0 aliphatic carbocycles. The van der Waals surface area contributed by atoms with Gasteiger partial charge in [0.15, 0.2) is 17.3 Å².